The smallest absolute Gasteiger partial charge is 0.250 e. The summed E-state index contributed by atoms with van der Waals surface area (Å²) in [7, 11) is 0. The molecule has 1 heterocycles. The number of nitrogens with one attached hydrogen (secondary N) is 1. The molecule has 1 rings (SSSR count). The Morgan fingerprint density at radius 2 is 2.27 bits per heavy atom. The van der Waals surface area contributed by atoms with Gasteiger partial charge in [0.2, 0.25) is 0 Å². The van der Waals surface area contributed by atoms with Crippen LogP contribution in [0.4, 0.5) is 0 Å². The lowest BCUT2D eigenvalue weighted by Gasteiger charge is -2.12. The molecule has 0 fully saturated rings. The second kappa shape index (κ2) is 6.08. The monoisotopic (exact) mass is 272 g/mol. The zero-order chi connectivity index (χ0) is 11.3. The summed E-state index contributed by atoms with van der Waals surface area (Å²) in [4.78, 5) is 11.4. The highest BCUT2D eigenvalue weighted by Crippen LogP contribution is 2.04. The Labute approximate surface area is 98.6 Å². The zero-order valence-corrected chi connectivity index (χ0v) is 10.8. The second-order valence-corrected chi connectivity index (χ2v) is 4.56. The first-order valence-corrected chi connectivity index (χ1v) is 6.02. The summed E-state index contributed by atoms with van der Waals surface area (Å²) in [6, 6.07) is 3.85. The Morgan fingerprint density at radius 1 is 1.53 bits per heavy atom. The molecular formula is C11H17BrN2O. The molecule has 1 aromatic rings. The van der Waals surface area contributed by atoms with Crippen LogP contribution in [-0.4, -0.2) is 17.2 Å². The van der Waals surface area contributed by atoms with E-state index in [2.05, 4.69) is 35.1 Å². The van der Waals surface area contributed by atoms with Gasteiger partial charge in [-0.2, -0.15) is 0 Å². The molecule has 3 nitrogen and oxygen atoms in total. The van der Waals surface area contributed by atoms with Crippen molar-refractivity contribution in [2.24, 2.45) is 0 Å². The molecule has 0 bridgehead atoms. The Balaban J connectivity index is 2.50. The number of pyridine rings is 1. The lowest BCUT2D eigenvalue weighted by molar-refractivity contribution is 0.499. The van der Waals surface area contributed by atoms with Gasteiger partial charge < -0.3 is 9.88 Å². The van der Waals surface area contributed by atoms with E-state index in [9.17, 15) is 4.79 Å². The van der Waals surface area contributed by atoms with Crippen LogP contribution in [0.1, 0.15) is 20.3 Å². The molecule has 0 aliphatic rings. The molecule has 15 heavy (non-hydrogen) atoms. The Kier molecular flexibility index (Phi) is 5.05. The molecule has 1 atom stereocenters. The van der Waals surface area contributed by atoms with Crippen LogP contribution in [-0.2, 0) is 6.54 Å². The Hall–Kier alpha value is -0.610. The molecular weight excluding hydrogens is 256 g/mol. The van der Waals surface area contributed by atoms with Crippen LogP contribution in [0.5, 0.6) is 0 Å². The van der Waals surface area contributed by atoms with E-state index in [0.29, 0.717) is 12.6 Å². The van der Waals surface area contributed by atoms with Gasteiger partial charge in [-0.15, -0.1) is 0 Å². The van der Waals surface area contributed by atoms with Gasteiger partial charge in [0.25, 0.3) is 5.56 Å². The van der Waals surface area contributed by atoms with Gasteiger partial charge in [-0.05, 0) is 35.3 Å². The molecule has 0 saturated heterocycles. The fourth-order valence-electron chi connectivity index (χ4n) is 1.25. The first-order valence-electron chi connectivity index (χ1n) is 5.23. The van der Waals surface area contributed by atoms with E-state index in [1.807, 2.05) is 6.20 Å². The first kappa shape index (κ1) is 12.5. The third-order valence-electron chi connectivity index (χ3n) is 2.41. The number of halogens is 1. The van der Waals surface area contributed by atoms with Gasteiger partial charge >= 0.3 is 0 Å². The predicted molar refractivity (Wildman–Crippen MR) is 66.2 cm³/mol. The van der Waals surface area contributed by atoms with E-state index in [4.69, 9.17) is 0 Å². The summed E-state index contributed by atoms with van der Waals surface area (Å²) in [6.07, 6.45) is 2.92. The minimum absolute atomic E-state index is 0.0455. The summed E-state index contributed by atoms with van der Waals surface area (Å²) in [6.45, 7) is 5.82. The van der Waals surface area contributed by atoms with Crippen molar-refractivity contribution in [3.8, 4) is 0 Å². The molecule has 1 unspecified atom stereocenters. The van der Waals surface area contributed by atoms with Gasteiger partial charge in [0.1, 0.15) is 0 Å². The highest BCUT2D eigenvalue weighted by atomic mass is 79.9. The highest BCUT2D eigenvalue weighted by molar-refractivity contribution is 9.10. The molecule has 1 aromatic heterocycles. The fraction of sp³-hybridized carbons (Fsp3) is 0.545. The standard InChI is InChI=1S/C11H17BrN2O/c1-3-9(2)13-6-7-14-8-10(12)4-5-11(14)15/h4-5,8-9,13H,3,6-7H2,1-2H3. The zero-order valence-electron chi connectivity index (χ0n) is 9.16. The largest absolute Gasteiger partial charge is 0.313 e. The summed E-state index contributed by atoms with van der Waals surface area (Å²) in [5.41, 5.74) is 0.0455. The maximum absolute atomic E-state index is 11.4. The SMILES string of the molecule is CCC(C)NCCn1cc(Br)ccc1=O. The van der Waals surface area contributed by atoms with Gasteiger partial charge in [0.15, 0.2) is 0 Å². The van der Waals surface area contributed by atoms with Gasteiger partial charge in [-0.3, -0.25) is 4.79 Å². The van der Waals surface area contributed by atoms with E-state index in [0.717, 1.165) is 17.4 Å². The quantitative estimate of drug-likeness (QED) is 0.890. The van der Waals surface area contributed by atoms with Crippen molar-refractivity contribution in [2.45, 2.75) is 32.9 Å². The van der Waals surface area contributed by atoms with Crippen LogP contribution in [0.2, 0.25) is 0 Å². The van der Waals surface area contributed by atoms with Crippen molar-refractivity contribution in [3.63, 3.8) is 0 Å². The lowest BCUT2D eigenvalue weighted by atomic mass is 10.2. The topological polar surface area (TPSA) is 34.0 Å². The van der Waals surface area contributed by atoms with Crippen molar-refractivity contribution >= 4 is 15.9 Å². The van der Waals surface area contributed by atoms with Crippen LogP contribution in [0.15, 0.2) is 27.6 Å². The molecule has 0 spiro atoms. The minimum atomic E-state index is 0.0455. The van der Waals surface area contributed by atoms with Crippen LogP contribution in [0, 0.1) is 0 Å². The Morgan fingerprint density at radius 3 is 2.93 bits per heavy atom. The summed E-state index contributed by atoms with van der Waals surface area (Å²) in [5, 5.41) is 3.35. The van der Waals surface area contributed by atoms with E-state index in [1.54, 1.807) is 16.7 Å². The van der Waals surface area contributed by atoms with Crippen molar-refractivity contribution in [1.29, 1.82) is 0 Å². The van der Waals surface area contributed by atoms with Crippen molar-refractivity contribution in [3.05, 3.63) is 33.2 Å². The van der Waals surface area contributed by atoms with E-state index in [1.165, 1.54) is 0 Å². The average molecular weight is 273 g/mol. The number of hydrogen-bond acceptors (Lipinski definition) is 2. The molecule has 4 heteroatoms. The van der Waals surface area contributed by atoms with Crippen molar-refractivity contribution < 1.29 is 0 Å². The second-order valence-electron chi connectivity index (χ2n) is 3.64. The maximum atomic E-state index is 11.4. The summed E-state index contributed by atoms with van der Waals surface area (Å²) < 4.78 is 2.64. The van der Waals surface area contributed by atoms with E-state index >= 15 is 0 Å². The number of hydrogen-bond donors (Lipinski definition) is 1. The molecule has 0 aromatic carbocycles. The maximum Gasteiger partial charge on any atom is 0.250 e. The highest BCUT2D eigenvalue weighted by Gasteiger charge is 1.99. The van der Waals surface area contributed by atoms with Crippen molar-refractivity contribution in [1.82, 2.24) is 9.88 Å². The molecule has 0 amide bonds. The molecule has 0 saturated carbocycles. The molecule has 1 N–H and O–H groups in total. The Bertz CT molecular complexity index is 362. The number of nitrogens with zero attached hydrogens (tertiary/aromatic N) is 1. The molecule has 0 radical (unpaired) electrons. The van der Waals surface area contributed by atoms with Crippen LogP contribution in [0.3, 0.4) is 0 Å². The molecule has 0 aliphatic carbocycles. The minimum Gasteiger partial charge on any atom is -0.313 e. The van der Waals surface area contributed by atoms with Crippen LogP contribution < -0.4 is 10.9 Å². The van der Waals surface area contributed by atoms with E-state index < -0.39 is 0 Å². The normalized spacial score (nSPS) is 12.7. The van der Waals surface area contributed by atoms with Crippen LogP contribution in [0.25, 0.3) is 0 Å². The molecule has 0 aliphatic heterocycles. The third kappa shape index (κ3) is 4.18. The van der Waals surface area contributed by atoms with Crippen LogP contribution >= 0.6 is 15.9 Å². The van der Waals surface area contributed by atoms with Crippen molar-refractivity contribution in [2.75, 3.05) is 6.54 Å². The lowest BCUT2D eigenvalue weighted by Crippen LogP contribution is -2.31. The van der Waals surface area contributed by atoms with Gasteiger partial charge in [-0.1, -0.05) is 6.92 Å². The predicted octanol–water partition coefficient (Wildman–Crippen LogP) is 2.00. The van der Waals surface area contributed by atoms with Gasteiger partial charge in [0.05, 0.1) is 0 Å². The summed E-state index contributed by atoms with van der Waals surface area (Å²) >= 11 is 3.35. The van der Waals surface area contributed by atoms with Gasteiger partial charge in [-0.25, -0.2) is 0 Å². The first-order chi connectivity index (χ1) is 7.13. The number of aromatic nitrogens is 1. The third-order valence-corrected chi connectivity index (χ3v) is 2.87. The summed E-state index contributed by atoms with van der Waals surface area (Å²) in [5.74, 6) is 0. The molecule has 84 valence electrons. The van der Waals surface area contributed by atoms with Gasteiger partial charge in [0, 0.05) is 35.9 Å². The average Bonchev–Trinajstić information content (AvgIpc) is 2.23. The number of rotatable bonds is 5. The fourth-order valence-corrected chi connectivity index (χ4v) is 1.63. The van der Waals surface area contributed by atoms with E-state index in [-0.39, 0.29) is 5.56 Å².